The van der Waals surface area contributed by atoms with Gasteiger partial charge in [0.15, 0.2) is 5.16 Å². The summed E-state index contributed by atoms with van der Waals surface area (Å²) in [6.07, 6.45) is 2.15. The first kappa shape index (κ1) is 22.7. The minimum atomic E-state index is -0.124. The predicted octanol–water partition coefficient (Wildman–Crippen LogP) is 5.88. The molecule has 0 N–H and O–H groups in total. The molecule has 0 atom stereocenters. The number of nitrogens with zero attached hydrogens (tertiary/aromatic N) is 3. The van der Waals surface area contributed by atoms with E-state index in [-0.39, 0.29) is 11.5 Å². The number of hydrogen-bond donors (Lipinski definition) is 0. The SMILES string of the molecule is Cc1cccc(-n2c(SCc3ccc(C(=O)N4CCCC4)cc3)nc3cc(Cl)ccc3c2=O)c1. The first-order valence-corrected chi connectivity index (χ1v) is 12.7. The summed E-state index contributed by atoms with van der Waals surface area (Å²) in [5, 5.41) is 1.67. The second-order valence-electron chi connectivity index (χ2n) is 8.52. The largest absolute Gasteiger partial charge is 0.339 e. The van der Waals surface area contributed by atoms with E-state index in [1.165, 1.54) is 11.8 Å². The highest BCUT2D eigenvalue weighted by Crippen LogP contribution is 2.26. The highest BCUT2D eigenvalue weighted by molar-refractivity contribution is 7.98. The number of rotatable bonds is 5. The smallest absolute Gasteiger partial charge is 0.266 e. The van der Waals surface area contributed by atoms with Crippen molar-refractivity contribution in [2.24, 2.45) is 0 Å². The van der Waals surface area contributed by atoms with Crippen molar-refractivity contribution >= 4 is 40.2 Å². The summed E-state index contributed by atoms with van der Waals surface area (Å²) in [5.74, 6) is 0.709. The van der Waals surface area contributed by atoms with Crippen LogP contribution in [0.1, 0.15) is 34.3 Å². The fourth-order valence-electron chi connectivity index (χ4n) is 4.22. The van der Waals surface area contributed by atoms with Crippen molar-refractivity contribution in [3.05, 3.63) is 98.8 Å². The summed E-state index contributed by atoms with van der Waals surface area (Å²) in [4.78, 5) is 32.8. The molecule has 1 amide bonds. The molecule has 1 aliphatic heterocycles. The summed E-state index contributed by atoms with van der Waals surface area (Å²) in [7, 11) is 0. The van der Waals surface area contributed by atoms with Gasteiger partial charge >= 0.3 is 0 Å². The molecule has 0 aliphatic carbocycles. The molecule has 34 heavy (non-hydrogen) atoms. The van der Waals surface area contributed by atoms with Crippen molar-refractivity contribution in [2.75, 3.05) is 13.1 Å². The average Bonchev–Trinajstić information content (AvgIpc) is 3.37. The molecule has 5 rings (SSSR count). The molecule has 0 saturated carbocycles. The Balaban J connectivity index is 1.46. The minimum Gasteiger partial charge on any atom is -0.339 e. The van der Waals surface area contributed by atoms with E-state index in [1.54, 1.807) is 22.8 Å². The number of carbonyl (C=O) groups excluding carboxylic acids is 1. The van der Waals surface area contributed by atoms with Gasteiger partial charge in [0, 0.05) is 29.4 Å². The molecule has 7 heteroatoms. The van der Waals surface area contributed by atoms with Gasteiger partial charge < -0.3 is 4.90 Å². The summed E-state index contributed by atoms with van der Waals surface area (Å²) >= 11 is 7.66. The summed E-state index contributed by atoms with van der Waals surface area (Å²) in [6.45, 7) is 3.68. The molecule has 0 radical (unpaired) electrons. The van der Waals surface area contributed by atoms with Gasteiger partial charge in [-0.3, -0.25) is 14.2 Å². The Bertz CT molecular complexity index is 1430. The third kappa shape index (κ3) is 4.61. The van der Waals surface area contributed by atoms with E-state index < -0.39 is 0 Å². The van der Waals surface area contributed by atoms with Crippen molar-refractivity contribution in [3.8, 4) is 5.69 Å². The summed E-state index contributed by atoms with van der Waals surface area (Å²) in [5.41, 5.74) is 4.07. The van der Waals surface area contributed by atoms with Crippen LogP contribution in [-0.2, 0) is 5.75 Å². The Morgan fingerprint density at radius 2 is 1.79 bits per heavy atom. The van der Waals surface area contributed by atoms with Crippen LogP contribution in [0.15, 0.2) is 76.7 Å². The zero-order valence-corrected chi connectivity index (χ0v) is 20.4. The monoisotopic (exact) mass is 489 g/mol. The van der Waals surface area contributed by atoms with Crippen LogP contribution in [-0.4, -0.2) is 33.4 Å². The Labute approximate surface area is 207 Å². The van der Waals surface area contributed by atoms with Crippen molar-refractivity contribution in [3.63, 3.8) is 0 Å². The van der Waals surface area contributed by atoms with Gasteiger partial charge in [0.1, 0.15) is 0 Å². The van der Waals surface area contributed by atoms with E-state index in [9.17, 15) is 9.59 Å². The van der Waals surface area contributed by atoms with Crippen LogP contribution >= 0.6 is 23.4 Å². The third-order valence-corrected chi connectivity index (χ3v) is 7.27. The maximum Gasteiger partial charge on any atom is 0.266 e. The van der Waals surface area contributed by atoms with Crippen LogP contribution in [0.2, 0.25) is 5.02 Å². The van der Waals surface area contributed by atoms with E-state index in [2.05, 4.69) is 0 Å². The number of thioether (sulfide) groups is 1. The number of halogens is 1. The molecule has 5 nitrogen and oxygen atoms in total. The molecule has 1 aliphatic rings. The number of benzene rings is 3. The third-order valence-electron chi connectivity index (χ3n) is 6.02. The normalized spacial score (nSPS) is 13.5. The Kier molecular flexibility index (Phi) is 6.44. The lowest BCUT2D eigenvalue weighted by Gasteiger charge is -2.15. The van der Waals surface area contributed by atoms with Gasteiger partial charge in [0.05, 0.1) is 16.6 Å². The first-order valence-electron chi connectivity index (χ1n) is 11.3. The summed E-state index contributed by atoms with van der Waals surface area (Å²) in [6, 6.07) is 20.7. The van der Waals surface area contributed by atoms with Gasteiger partial charge in [-0.2, -0.15) is 0 Å². The lowest BCUT2D eigenvalue weighted by atomic mass is 10.1. The summed E-state index contributed by atoms with van der Waals surface area (Å²) < 4.78 is 1.67. The lowest BCUT2D eigenvalue weighted by molar-refractivity contribution is 0.0793. The van der Waals surface area contributed by atoms with Crippen molar-refractivity contribution < 1.29 is 4.79 Å². The van der Waals surface area contributed by atoms with Crippen LogP contribution in [0.25, 0.3) is 16.6 Å². The van der Waals surface area contributed by atoms with Gasteiger partial charge in [-0.05, 0) is 73.4 Å². The van der Waals surface area contributed by atoms with Crippen molar-refractivity contribution in [2.45, 2.75) is 30.7 Å². The van der Waals surface area contributed by atoms with Crippen molar-refractivity contribution in [1.29, 1.82) is 0 Å². The van der Waals surface area contributed by atoms with Gasteiger partial charge in [-0.15, -0.1) is 0 Å². The zero-order chi connectivity index (χ0) is 23.7. The van der Waals surface area contributed by atoms with E-state index in [0.29, 0.717) is 32.4 Å². The second kappa shape index (κ2) is 9.65. The molecular weight excluding hydrogens is 466 g/mol. The maximum atomic E-state index is 13.5. The standard InChI is InChI=1S/C27H24ClN3O2S/c1-18-5-4-6-22(15-18)31-26(33)23-12-11-21(28)16-24(23)29-27(31)34-17-19-7-9-20(10-8-19)25(32)30-13-2-3-14-30/h4-12,15-16H,2-3,13-14,17H2,1H3. The molecule has 1 aromatic heterocycles. The molecule has 0 unspecified atom stereocenters. The Morgan fingerprint density at radius 3 is 2.53 bits per heavy atom. The maximum absolute atomic E-state index is 13.5. The van der Waals surface area contributed by atoms with Crippen molar-refractivity contribution in [1.82, 2.24) is 14.5 Å². The van der Waals surface area contributed by atoms with E-state index in [4.69, 9.17) is 16.6 Å². The number of carbonyl (C=O) groups is 1. The molecule has 1 fully saturated rings. The van der Waals surface area contributed by atoms with Crippen LogP contribution in [0, 0.1) is 6.92 Å². The van der Waals surface area contributed by atoms with Gasteiger partial charge in [0.2, 0.25) is 0 Å². The topological polar surface area (TPSA) is 55.2 Å². The van der Waals surface area contributed by atoms with E-state index in [1.807, 2.05) is 60.4 Å². The van der Waals surface area contributed by atoms with E-state index in [0.717, 1.165) is 42.7 Å². The molecule has 4 aromatic rings. The van der Waals surface area contributed by atoms with Crippen LogP contribution in [0.3, 0.4) is 0 Å². The molecule has 0 bridgehead atoms. The Hall–Kier alpha value is -3.09. The molecule has 172 valence electrons. The number of hydrogen-bond acceptors (Lipinski definition) is 4. The highest BCUT2D eigenvalue weighted by Gasteiger charge is 2.19. The quantitative estimate of drug-likeness (QED) is 0.259. The molecule has 2 heterocycles. The second-order valence-corrected chi connectivity index (χ2v) is 9.90. The van der Waals surface area contributed by atoms with Crippen LogP contribution < -0.4 is 5.56 Å². The van der Waals surface area contributed by atoms with Gasteiger partial charge in [-0.1, -0.05) is 47.6 Å². The van der Waals surface area contributed by atoms with E-state index >= 15 is 0 Å². The average molecular weight is 490 g/mol. The fraction of sp³-hybridized carbons (Fsp3) is 0.222. The molecule has 0 spiro atoms. The zero-order valence-electron chi connectivity index (χ0n) is 18.8. The number of amides is 1. The van der Waals surface area contributed by atoms with Gasteiger partial charge in [-0.25, -0.2) is 4.98 Å². The van der Waals surface area contributed by atoms with Gasteiger partial charge in [0.25, 0.3) is 11.5 Å². The first-order chi connectivity index (χ1) is 16.5. The Morgan fingerprint density at radius 1 is 1.03 bits per heavy atom. The number of aryl methyl sites for hydroxylation is 1. The highest BCUT2D eigenvalue weighted by atomic mass is 35.5. The molecule has 3 aromatic carbocycles. The number of likely N-dealkylation sites (tertiary alicyclic amines) is 1. The number of aromatic nitrogens is 2. The van der Waals surface area contributed by atoms with Crippen LogP contribution in [0.4, 0.5) is 0 Å². The fourth-order valence-corrected chi connectivity index (χ4v) is 5.36. The van der Waals surface area contributed by atoms with Crippen LogP contribution in [0.5, 0.6) is 0 Å². The molecular formula is C27H24ClN3O2S. The minimum absolute atomic E-state index is 0.0954. The molecule has 1 saturated heterocycles. The predicted molar refractivity (Wildman–Crippen MR) is 138 cm³/mol. The number of fused-ring (bicyclic) bond motifs is 1. The lowest BCUT2D eigenvalue weighted by Crippen LogP contribution is -2.27.